The highest BCUT2D eigenvalue weighted by Crippen LogP contribution is 2.32. The van der Waals surface area contributed by atoms with E-state index in [9.17, 15) is 9.59 Å². The molecule has 1 aliphatic heterocycles. The van der Waals surface area contributed by atoms with E-state index < -0.39 is 0 Å². The van der Waals surface area contributed by atoms with Gasteiger partial charge in [0.1, 0.15) is 4.32 Å². The number of thioether (sulfide) groups is 1. The number of hydrogen-bond donors (Lipinski definition) is 1. The minimum atomic E-state index is -0.115. The summed E-state index contributed by atoms with van der Waals surface area (Å²) in [5.41, 5.74) is 1.63. The fourth-order valence-electron chi connectivity index (χ4n) is 2.56. The third-order valence-electron chi connectivity index (χ3n) is 3.95. The molecule has 3 rings (SSSR count). The average Bonchev–Trinajstić information content (AvgIpc) is 2.93. The summed E-state index contributed by atoms with van der Waals surface area (Å²) in [5, 5.41) is 3.42. The molecule has 0 bridgehead atoms. The first-order valence-electron chi connectivity index (χ1n) is 8.49. The van der Waals surface area contributed by atoms with Crippen LogP contribution in [0.15, 0.2) is 57.9 Å². The first-order valence-corrected chi connectivity index (χ1v) is 10.9. The molecule has 1 aliphatic rings. The number of rotatable bonds is 6. The summed E-state index contributed by atoms with van der Waals surface area (Å²) < 4.78 is 1.50. The van der Waals surface area contributed by atoms with Crippen molar-refractivity contribution in [3.8, 4) is 0 Å². The zero-order valence-corrected chi connectivity index (χ0v) is 18.6. The van der Waals surface area contributed by atoms with Gasteiger partial charge in [0.05, 0.1) is 4.91 Å². The van der Waals surface area contributed by atoms with Gasteiger partial charge in [-0.05, 0) is 54.5 Å². The van der Waals surface area contributed by atoms with Crippen molar-refractivity contribution < 1.29 is 9.59 Å². The lowest BCUT2D eigenvalue weighted by Crippen LogP contribution is -2.29. The lowest BCUT2D eigenvalue weighted by atomic mass is 10.2. The van der Waals surface area contributed by atoms with E-state index in [1.807, 2.05) is 30.3 Å². The number of anilines is 1. The molecule has 1 N–H and O–H groups in total. The van der Waals surface area contributed by atoms with Crippen molar-refractivity contribution in [3.63, 3.8) is 0 Å². The van der Waals surface area contributed by atoms with Gasteiger partial charge in [0.15, 0.2) is 0 Å². The molecule has 1 heterocycles. The van der Waals surface area contributed by atoms with Crippen molar-refractivity contribution in [1.82, 2.24) is 4.90 Å². The second kappa shape index (κ2) is 9.69. The first kappa shape index (κ1) is 21.0. The molecule has 0 unspecified atom stereocenters. The minimum Gasteiger partial charge on any atom is -0.326 e. The fraction of sp³-hybridized carbons (Fsp3) is 0.150. The van der Waals surface area contributed by atoms with Crippen molar-refractivity contribution in [2.75, 3.05) is 11.9 Å². The van der Waals surface area contributed by atoms with Crippen LogP contribution in [-0.4, -0.2) is 27.6 Å². The van der Waals surface area contributed by atoms with Crippen molar-refractivity contribution in [2.24, 2.45) is 0 Å². The fourth-order valence-corrected chi connectivity index (χ4v) is 4.26. The average molecular weight is 496 g/mol. The van der Waals surface area contributed by atoms with Gasteiger partial charge in [0.25, 0.3) is 5.91 Å². The maximum atomic E-state index is 12.6. The number of amides is 2. The van der Waals surface area contributed by atoms with Crippen LogP contribution in [0.3, 0.4) is 0 Å². The smallest absolute Gasteiger partial charge is 0.266 e. The summed E-state index contributed by atoms with van der Waals surface area (Å²) in [5.74, 6) is -0.228. The van der Waals surface area contributed by atoms with Crippen molar-refractivity contribution in [2.45, 2.75) is 12.8 Å². The van der Waals surface area contributed by atoms with Gasteiger partial charge in [-0.2, -0.15) is 0 Å². The predicted octanol–water partition coefficient (Wildman–Crippen LogP) is 5.72. The Labute approximate surface area is 186 Å². The molecule has 0 aromatic heterocycles. The quantitative estimate of drug-likeness (QED) is 0.411. The van der Waals surface area contributed by atoms with E-state index in [4.69, 9.17) is 23.8 Å². The van der Waals surface area contributed by atoms with E-state index >= 15 is 0 Å². The molecule has 0 aliphatic carbocycles. The maximum Gasteiger partial charge on any atom is 0.266 e. The summed E-state index contributed by atoms with van der Waals surface area (Å²) in [6.45, 7) is 0.413. The molecule has 2 aromatic carbocycles. The van der Waals surface area contributed by atoms with E-state index in [1.54, 1.807) is 29.2 Å². The summed E-state index contributed by atoms with van der Waals surface area (Å²) in [4.78, 5) is 26.8. The second-order valence-electron chi connectivity index (χ2n) is 6.04. The number of carbonyl (C=O) groups excluding carboxylic acids is 2. The molecule has 28 heavy (non-hydrogen) atoms. The van der Waals surface area contributed by atoms with Gasteiger partial charge in [-0.3, -0.25) is 14.5 Å². The highest BCUT2D eigenvalue weighted by Gasteiger charge is 2.31. The summed E-state index contributed by atoms with van der Waals surface area (Å²) in [7, 11) is 0. The summed E-state index contributed by atoms with van der Waals surface area (Å²) in [6.07, 6.45) is 2.65. The van der Waals surface area contributed by atoms with Gasteiger partial charge < -0.3 is 5.32 Å². The largest absolute Gasteiger partial charge is 0.326 e. The zero-order chi connectivity index (χ0) is 20.1. The van der Waals surface area contributed by atoms with Crippen molar-refractivity contribution in [3.05, 3.63) is 68.5 Å². The summed E-state index contributed by atoms with van der Waals surface area (Å²) in [6, 6.07) is 14.6. The molecule has 0 saturated carbocycles. The van der Waals surface area contributed by atoms with E-state index in [0.29, 0.717) is 39.3 Å². The first-order chi connectivity index (χ1) is 13.4. The number of hydrogen-bond acceptors (Lipinski definition) is 4. The van der Waals surface area contributed by atoms with Crippen molar-refractivity contribution >= 4 is 79.4 Å². The SMILES string of the molecule is O=C(CCCN1C(=O)/C(=C/c2ccc(Br)cc2)SC1=S)Nc1ccc(Cl)cc1. The van der Waals surface area contributed by atoms with Crippen LogP contribution in [0.2, 0.25) is 5.02 Å². The van der Waals surface area contributed by atoms with Gasteiger partial charge in [0, 0.05) is 28.1 Å². The molecular formula is C20H16BrClN2O2S2. The molecule has 2 amide bonds. The molecule has 8 heteroatoms. The van der Waals surface area contributed by atoms with Crippen LogP contribution in [0.25, 0.3) is 6.08 Å². The van der Waals surface area contributed by atoms with Gasteiger partial charge in [-0.1, -0.05) is 63.6 Å². The Bertz CT molecular complexity index is 930. The normalized spacial score (nSPS) is 15.4. The van der Waals surface area contributed by atoms with Gasteiger partial charge in [0.2, 0.25) is 5.91 Å². The Balaban J connectivity index is 1.52. The summed E-state index contributed by atoms with van der Waals surface area (Å²) >= 11 is 15.8. The van der Waals surface area contributed by atoms with Gasteiger partial charge in [-0.25, -0.2) is 0 Å². The highest BCUT2D eigenvalue weighted by molar-refractivity contribution is 9.10. The number of nitrogens with one attached hydrogen (secondary N) is 1. The second-order valence-corrected chi connectivity index (χ2v) is 9.07. The lowest BCUT2D eigenvalue weighted by molar-refractivity contribution is -0.122. The Hall–Kier alpha value is -1.67. The van der Waals surface area contributed by atoms with Crippen LogP contribution < -0.4 is 5.32 Å². The molecule has 144 valence electrons. The maximum absolute atomic E-state index is 12.6. The highest BCUT2D eigenvalue weighted by atomic mass is 79.9. The van der Waals surface area contributed by atoms with Crippen LogP contribution in [0.1, 0.15) is 18.4 Å². The molecule has 4 nitrogen and oxygen atoms in total. The van der Waals surface area contributed by atoms with E-state index in [-0.39, 0.29) is 11.8 Å². The Kier molecular flexibility index (Phi) is 7.29. The van der Waals surface area contributed by atoms with Crippen LogP contribution in [0.5, 0.6) is 0 Å². The molecule has 0 spiro atoms. The van der Waals surface area contributed by atoms with E-state index in [1.165, 1.54) is 11.8 Å². The van der Waals surface area contributed by atoms with Crippen LogP contribution in [0, 0.1) is 0 Å². The molecular weight excluding hydrogens is 480 g/mol. The number of nitrogens with zero attached hydrogens (tertiary/aromatic N) is 1. The van der Waals surface area contributed by atoms with Gasteiger partial charge >= 0.3 is 0 Å². The lowest BCUT2D eigenvalue weighted by Gasteiger charge is -2.14. The molecule has 1 fully saturated rings. The monoisotopic (exact) mass is 494 g/mol. The number of thiocarbonyl (C=S) groups is 1. The van der Waals surface area contributed by atoms with E-state index in [2.05, 4.69) is 21.2 Å². The topological polar surface area (TPSA) is 49.4 Å². The molecule has 1 saturated heterocycles. The number of carbonyl (C=O) groups is 2. The van der Waals surface area contributed by atoms with Crippen LogP contribution in [-0.2, 0) is 9.59 Å². The third kappa shape index (κ3) is 5.67. The Morgan fingerprint density at radius 3 is 2.54 bits per heavy atom. The Morgan fingerprint density at radius 1 is 1.18 bits per heavy atom. The zero-order valence-electron chi connectivity index (χ0n) is 14.7. The standard InChI is InChI=1S/C20H16BrClN2O2S2/c21-14-5-3-13(4-6-14)12-17-19(26)24(20(27)28-17)11-1-2-18(25)23-16-9-7-15(22)8-10-16/h3-10,12H,1-2,11H2,(H,23,25)/b17-12-. The number of benzene rings is 2. The Morgan fingerprint density at radius 2 is 1.86 bits per heavy atom. The number of halogens is 2. The molecule has 2 aromatic rings. The van der Waals surface area contributed by atoms with Crippen LogP contribution >= 0.6 is 51.5 Å². The van der Waals surface area contributed by atoms with Crippen molar-refractivity contribution in [1.29, 1.82) is 0 Å². The van der Waals surface area contributed by atoms with Gasteiger partial charge in [-0.15, -0.1) is 0 Å². The molecule has 0 atom stereocenters. The molecule has 0 radical (unpaired) electrons. The predicted molar refractivity (Wildman–Crippen MR) is 123 cm³/mol. The van der Waals surface area contributed by atoms with Crippen LogP contribution in [0.4, 0.5) is 5.69 Å². The third-order valence-corrected chi connectivity index (χ3v) is 6.11. The van der Waals surface area contributed by atoms with E-state index in [0.717, 1.165) is 10.0 Å². The minimum absolute atomic E-state index is 0.113.